The lowest BCUT2D eigenvalue weighted by Crippen LogP contribution is -2.46. The summed E-state index contributed by atoms with van der Waals surface area (Å²) >= 11 is 0. The smallest absolute Gasteiger partial charge is 0.254 e. The molecule has 1 amide bonds. The van der Waals surface area contributed by atoms with Crippen molar-refractivity contribution >= 4 is 18.3 Å². The number of ether oxygens (including phenoxy) is 1. The van der Waals surface area contributed by atoms with Crippen molar-refractivity contribution in [2.45, 2.75) is 31.8 Å². The van der Waals surface area contributed by atoms with Crippen LogP contribution >= 0.6 is 12.4 Å². The number of hydrogen-bond donors (Lipinski definition) is 0. The quantitative estimate of drug-likeness (QED) is 0.708. The van der Waals surface area contributed by atoms with Crippen LogP contribution in [0.4, 0.5) is 0 Å². The van der Waals surface area contributed by atoms with Crippen LogP contribution in [-0.2, 0) is 6.54 Å². The molecule has 2 fully saturated rings. The second-order valence-corrected chi connectivity index (χ2v) is 8.27. The second-order valence-electron chi connectivity index (χ2n) is 8.27. The van der Waals surface area contributed by atoms with Gasteiger partial charge in [-0.3, -0.25) is 19.6 Å². The van der Waals surface area contributed by atoms with E-state index in [9.17, 15) is 4.79 Å². The number of methoxy groups -OCH3 is 1. The molecule has 0 saturated carbocycles. The minimum absolute atomic E-state index is 0. The van der Waals surface area contributed by atoms with Crippen molar-refractivity contribution < 1.29 is 9.53 Å². The predicted octanol–water partition coefficient (Wildman–Crippen LogP) is 3.32. The standard InChI is InChI=1S/C24H32N4O2.ClH/c1-30-23-5-3-20(4-6-23)19-26-15-9-22(10-16-26)27-13-2-14-28(18-17-27)24(29)21-7-11-25-12-8-21;/h3-8,11-12,22H,2,9-10,13-19H2,1H3;1H. The maximum Gasteiger partial charge on any atom is 0.254 e. The number of carbonyl (C=O) groups is 1. The molecule has 0 bridgehead atoms. The Hall–Kier alpha value is -2.15. The fourth-order valence-electron chi connectivity index (χ4n) is 4.61. The molecule has 2 aliphatic heterocycles. The highest BCUT2D eigenvalue weighted by Gasteiger charge is 2.27. The number of hydrogen-bond acceptors (Lipinski definition) is 5. The summed E-state index contributed by atoms with van der Waals surface area (Å²) in [7, 11) is 1.71. The number of aromatic nitrogens is 1. The molecule has 0 aliphatic carbocycles. The first-order chi connectivity index (χ1) is 14.7. The van der Waals surface area contributed by atoms with E-state index >= 15 is 0 Å². The van der Waals surface area contributed by atoms with Crippen molar-refractivity contribution in [1.29, 1.82) is 0 Å². The second kappa shape index (κ2) is 11.5. The van der Waals surface area contributed by atoms with Gasteiger partial charge in [0, 0.05) is 56.7 Å². The first kappa shape index (κ1) is 23.5. The van der Waals surface area contributed by atoms with Crippen molar-refractivity contribution in [3.63, 3.8) is 0 Å². The molecule has 1 aromatic heterocycles. The number of halogens is 1. The monoisotopic (exact) mass is 444 g/mol. The third kappa shape index (κ3) is 6.19. The van der Waals surface area contributed by atoms with Crippen LogP contribution in [0.3, 0.4) is 0 Å². The Kier molecular flexibility index (Phi) is 8.69. The molecule has 31 heavy (non-hydrogen) atoms. The fraction of sp³-hybridized carbons (Fsp3) is 0.500. The Bertz CT molecular complexity index is 810. The van der Waals surface area contributed by atoms with Gasteiger partial charge in [0.05, 0.1) is 7.11 Å². The molecule has 2 saturated heterocycles. The fourth-order valence-corrected chi connectivity index (χ4v) is 4.61. The van der Waals surface area contributed by atoms with Crippen LogP contribution in [0, 0.1) is 0 Å². The molecular formula is C24H33ClN4O2. The molecule has 0 unspecified atom stereocenters. The van der Waals surface area contributed by atoms with Crippen LogP contribution in [0.2, 0.25) is 0 Å². The average Bonchev–Trinajstić information content (AvgIpc) is 3.07. The summed E-state index contributed by atoms with van der Waals surface area (Å²) in [6, 6.07) is 12.7. The molecular weight excluding hydrogens is 412 g/mol. The molecule has 0 spiro atoms. The van der Waals surface area contributed by atoms with E-state index in [-0.39, 0.29) is 18.3 Å². The Balaban J connectivity index is 0.00000272. The first-order valence-corrected chi connectivity index (χ1v) is 11.0. The van der Waals surface area contributed by atoms with Gasteiger partial charge in [0.2, 0.25) is 0 Å². The van der Waals surface area contributed by atoms with E-state index in [1.165, 1.54) is 18.4 Å². The van der Waals surface area contributed by atoms with Crippen LogP contribution in [0.1, 0.15) is 35.2 Å². The van der Waals surface area contributed by atoms with Crippen LogP contribution in [-0.4, -0.2) is 78.0 Å². The summed E-state index contributed by atoms with van der Waals surface area (Å²) in [6.45, 7) is 6.98. The molecule has 0 N–H and O–H groups in total. The Labute approximate surface area is 191 Å². The summed E-state index contributed by atoms with van der Waals surface area (Å²) in [5.74, 6) is 1.05. The number of nitrogens with zero attached hydrogens (tertiary/aromatic N) is 4. The molecule has 2 aromatic rings. The molecule has 7 heteroatoms. The van der Waals surface area contributed by atoms with Gasteiger partial charge in [0.25, 0.3) is 5.91 Å². The number of piperidine rings is 1. The van der Waals surface area contributed by atoms with Gasteiger partial charge >= 0.3 is 0 Å². The van der Waals surface area contributed by atoms with Crippen LogP contribution < -0.4 is 4.74 Å². The Morgan fingerprint density at radius 1 is 0.968 bits per heavy atom. The number of likely N-dealkylation sites (tertiary alicyclic amines) is 1. The van der Waals surface area contributed by atoms with E-state index in [1.54, 1.807) is 19.5 Å². The highest BCUT2D eigenvalue weighted by Crippen LogP contribution is 2.21. The number of pyridine rings is 1. The van der Waals surface area contributed by atoms with Gasteiger partial charge in [-0.2, -0.15) is 0 Å². The van der Waals surface area contributed by atoms with Gasteiger partial charge in [-0.15, -0.1) is 12.4 Å². The third-order valence-corrected chi connectivity index (χ3v) is 6.38. The zero-order chi connectivity index (χ0) is 20.8. The number of benzene rings is 1. The van der Waals surface area contributed by atoms with Gasteiger partial charge in [-0.1, -0.05) is 12.1 Å². The zero-order valence-electron chi connectivity index (χ0n) is 18.3. The van der Waals surface area contributed by atoms with Crippen molar-refractivity contribution in [2.75, 3.05) is 46.4 Å². The van der Waals surface area contributed by atoms with Crippen LogP contribution in [0.25, 0.3) is 0 Å². The molecule has 4 rings (SSSR count). The topological polar surface area (TPSA) is 48.9 Å². The largest absolute Gasteiger partial charge is 0.497 e. The van der Waals surface area contributed by atoms with E-state index in [0.717, 1.165) is 63.5 Å². The van der Waals surface area contributed by atoms with Gasteiger partial charge in [0.15, 0.2) is 0 Å². The summed E-state index contributed by atoms with van der Waals surface area (Å²) < 4.78 is 5.25. The average molecular weight is 445 g/mol. The lowest BCUT2D eigenvalue weighted by atomic mass is 10.0. The lowest BCUT2D eigenvalue weighted by Gasteiger charge is -2.38. The molecule has 168 valence electrons. The maximum absolute atomic E-state index is 12.8. The van der Waals surface area contributed by atoms with E-state index in [4.69, 9.17) is 4.74 Å². The summed E-state index contributed by atoms with van der Waals surface area (Å²) in [4.78, 5) is 23.9. The SMILES string of the molecule is COc1ccc(CN2CCC(N3CCCN(C(=O)c4ccncc4)CC3)CC2)cc1.Cl. The van der Waals surface area contributed by atoms with E-state index < -0.39 is 0 Å². The highest BCUT2D eigenvalue weighted by molar-refractivity contribution is 5.94. The molecule has 0 atom stereocenters. The van der Waals surface area contributed by atoms with Crippen LogP contribution in [0.5, 0.6) is 5.75 Å². The van der Waals surface area contributed by atoms with Crippen LogP contribution in [0.15, 0.2) is 48.8 Å². The van der Waals surface area contributed by atoms with Gasteiger partial charge in [0.1, 0.15) is 5.75 Å². The number of carbonyl (C=O) groups excluding carboxylic acids is 1. The van der Waals surface area contributed by atoms with E-state index in [0.29, 0.717) is 6.04 Å². The minimum Gasteiger partial charge on any atom is -0.497 e. The van der Waals surface area contributed by atoms with Gasteiger partial charge in [-0.05, 0) is 62.2 Å². The predicted molar refractivity (Wildman–Crippen MR) is 125 cm³/mol. The first-order valence-electron chi connectivity index (χ1n) is 11.0. The molecule has 0 radical (unpaired) electrons. The molecule has 2 aliphatic rings. The van der Waals surface area contributed by atoms with Crippen molar-refractivity contribution in [3.8, 4) is 5.75 Å². The third-order valence-electron chi connectivity index (χ3n) is 6.38. The molecule has 1 aromatic carbocycles. The lowest BCUT2D eigenvalue weighted by molar-refractivity contribution is 0.0745. The van der Waals surface area contributed by atoms with Crippen molar-refractivity contribution in [2.24, 2.45) is 0 Å². The molecule has 6 nitrogen and oxygen atoms in total. The van der Waals surface area contributed by atoms with Gasteiger partial charge in [-0.25, -0.2) is 0 Å². The van der Waals surface area contributed by atoms with Gasteiger partial charge < -0.3 is 9.64 Å². The van der Waals surface area contributed by atoms with Crippen molar-refractivity contribution in [1.82, 2.24) is 19.7 Å². The summed E-state index contributed by atoms with van der Waals surface area (Å²) in [5.41, 5.74) is 2.08. The Morgan fingerprint density at radius 3 is 2.35 bits per heavy atom. The van der Waals surface area contributed by atoms with E-state index in [2.05, 4.69) is 26.9 Å². The highest BCUT2D eigenvalue weighted by atomic mass is 35.5. The van der Waals surface area contributed by atoms with E-state index in [1.807, 2.05) is 29.2 Å². The maximum atomic E-state index is 12.8. The number of amides is 1. The summed E-state index contributed by atoms with van der Waals surface area (Å²) in [5, 5.41) is 0. The summed E-state index contributed by atoms with van der Waals surface area (Å²) in [6.07, 6.45) is 6.83. The molecule has 3 heterocycles. The van der Waals surface area contributed by atoms with Crippen molar-refractivity contribution in [3.05, 3.63) is 59.9 Å². The Morgan fingerprint density at radius 2 is 1.68 bits per heavy atom. The zero-order valence-corrected chi connectivity index (χ0v) is 19.1. The number of rotatable bonds is 5. The normalized spacial score (nSPS) is 18.8. The minimum atomic E-state index is 0.